The number of guanidine groups is 1. The van der Waals surface area contributed by atoms with Crippen molar-refractivity contribution in [2.45, 2.75) is 18.9 Å². The highest BCUT2D eigenvalue weighted by molar-refractivity contribution is 7.98. The van der Waals surface area contributed by atoms with Gasteiger partial charge in [-0.05, 0) is 38.9 Å². The smallest absolute Gasteiger partial charge is 0.191 e. The van der Waals surface area contributed by atoms with Crippen molar-refractivity contribution in [1.29, 1.82) is 0 Å². The molecule has 1 heterocycles. The van der Waals surface area contributed by atoms with Crippen LogP contribution in [0.5, 0.6) is 0 Å². The van der Waals surface area contributed by atoms with E-state index in [0.29, 0.717) is 6.04 Å². The molecule has 1 rings (SSSR count). The van der Waals surface area contributed by atoms with Gasteiger partial charge in [-0.15, -0.1) is 0 Å². The maximum atomic E-state index is 4.29. The van der Waals surface area contributed by atoms with Crippen molar-refractivity contribution in [3.63, 3.8) is 0 Å². The predicted molar refractivity (Wildman–Crippen MR) is 90.9 cm³/mol. The normalized spacial score (nSPS) is 22.0. The van der Waals surface area contributed by atoms with Gasteiger partial charge in [0.1, 0.15) is 0 Å². The van der Waals surface area contributed by atoms with E-state index in [9.17, 15) is 0 Å². The third-order valence-corrected chi connectivity index (χ3v) is 4.47. The summed E-state index contributed by atoms with van der Waals surface area (Å²) in [5.41, 5.74) is 0. The maximum Gasteiger partial charge on any atom is 0.191 e. The van der Waals surface area contributed by atoms with Crippen LogP contribution in [0.15, 0.2) is 4.99 Å². The number of hydrogen-bond acceptors (Lipinski definition) is 4. The minimum Gasteiger partial charge on any atom is -0.356 e. The molecule has 0 aliphatic carbocycles. The van der Waals surface area contributed by atoms with Crippen LogP contribution in [0, 0.1) is 0 Å². The molecule has 1 atom stereocenters. The highest BCUT2D eigenvalue weighted by atomic mass is 32.2. The van der Waals surface area contributed by atoms with Gasteiger partial charge in [-0.1, -0.05) is 0 Å². The van der Waals surface area contributed by atoms with Crippen LogP contribution in [0.2, 0.25) is 0 Å². The zero-order valence-electron chi connectivity index (χ0n) is 13.5. The Kier molecular flexibility index (Phi) is 9.05. The Hall–Kier alpha value is -0.460. The summed E-state index contributed by atoms with van der Waals surface area (Å²) < 4.78 is 0. The molecule has 1 saturated heterocycles. The van der Waals surface area contributed by atoms with E-state index in [1.165, 1.54) is 18.6 Å². The van der Waals surface area contributed by atoms with E-state index in [-0.39, 0.29) is 0 Å². The third kappa shape index (κ3) is 6.81. The fourth-order valence-electron chi connectivity index (χ4n) is 2.34. The summed E-state index contributed by atoms with van der Waals surface area (Å²) in [6.45, 7) is 5.37. The molecule has 1 aliphatic rings. The summed E-state index contributed by atoms with van der Waals surface area (Å²) >= 11 is 1.91. The number of unbranched alkanes of at least 4 members (excludes halogenated alkanes) is 1. The topological polar surface area (TPSA) is 42.9 Å². The van der Waals surface area contributed by atoms with Gasteiger partial charge < -0.3 is 15.5 Å². The van der Waals surface area contributed by atoms with E-state index in [1.807, 2.05) is 18.8 Å². The van der Waals surface area contributed by atoms with E-state index < -0.39 is 0 Å². The molecule has 1 unspecified atom stereocenters. The van der Waals surface area contributed by atoms with Crippen molar-refractivity contribution >= 4 is 17.7 Å². The highest BCUT2D eigenvalue weighted by Gasteiger charge is 2.21. The van der Waals surface area contributed by atoms with Crippen LogP contribution in [-0.4, -0.2) is 87.7 Å². The average Bonchev–Trinajstić information content (AvgIpc) is 2.45. The predicted octanol–water partition coefficient (Wildman–Crippen LogP) is 0.540. The zero-order chi connectivity index (χ0) is 14.8. The first-order chi connectivity index (χ1) is 9.67. The number of nitrogens with one attached hydrogen (secondary N) is 2. The molecule has 0 aromatic carbocycles. The van der Waals surface area contributed by atoms with Crippen molar-refractivity contribution in [3.8, 4) is 0 Å². The second-order valence-corrected chi connectivity index (χ2v) is 6.46. The lowest BCUT2D eigenvalue weighted by molar-refractivity contribution is 0.116. The molecular weight excluding hydrogens is 270 g/mol. The monoisotopic (exact) mass is 301 g/mol. The first-order valence-corrected chi connectivity index (χ1v) is 8.89. The largest absolute Gasteiger partial charge is 0.356 e. The van der Waals surface area contributed by atoms with Gasteiger partial charge >= 0.3 is 0 Å². The molecule has 0 radical (unpaired) electrons. The molecular formula is C14H31N5S. The Balaban J connectivity index is 2.20. The number of thioether (sulfide) groups is 1. The van der Waals surface area contributed by atoms with Gasteiger partial charge in [0.25, 0.3) is 0 Å². The summed E-state index contributed by atoms with van der Waals surface area (Å²) in [4.78, 5) is 9.11. The lowest BCUT2D eigenvalue weighted by Crippen LogP contribution is -2.55. The molecule has 0 spiro atoms. The number of piperazine rings is 1. The van der Waals surface area contributed by atoms with Crippen LogP contribution in [0.25, 0.3) is 0 Å². The van der Waals surface area contributed by atoms with Crippen molar-refractivity contribution in [2.24, 2.45) is 4.99 Å². The Labute approximate surface area is 128 Å². The van der Waals surface area contributed by atoms with Crippen molar-refractivity contribution < 1.29 is 0 Å². The summed E-state index contributed by atoms with van der Waals surface area (Å²) in [6, 6.07) is 0.559. The first-order valence-electron chi connectivity index (χ1n) is 7.49. The summed E-state index contributed by atoms with van der Waals surface area (Å²) in [5.74, 6) is 2.17. The molecule has 0 bridgehead atoms. The Morgan fingerprint density at radius 1 is 1.25 bits per heavy atom. The molecule has 20 heavy (non-hydrogen) atoms. The average molecular weight is 302 g/mol. The lowest BCUT2D eigenvalue weighted by atomic mass is 10.2. The standard InChI is InChI=1S/C14H31N5S/c1-15-14(16-7-5-6-10-20-4)17-11-13-12-18(2)8-9-19(13)3/h13H,5-12H2,1-4H3,(H2,15,16,17). The Morgan fingerprint density at radius 2 is 2.05 bits per heavy atom. The van der Waals surface area contributed by atoms with E-state index in [0.717, 1.165) is 38.7 Å². The van der Waals surface area contributed by atoms with Crippen LogP contribution in [0.3, 0.4) is 0 Å². The molecule has 1 aliphatic heterocycles. The van der Waals surface area contributed by atoms with Crippen LogP contribution < -0.4 is 10.6 Å². The fourth-order valence-corrected chi connectivity index (χ4v) is 2.83. The fraction of sp³-hybridized carbons (Fsp3) is 0.929. The van der Waals surface area contributed by atoms with Gasteiger partial charge in [-0.25, -0.2) is 0 Å². The van der Waals surface area contributed by atoms with Crippen molar-refractivity contribution in [3.05, 3.63) is 0 Å². The van der Waals surface area contributed by atoms with Gasteiger partial charge in [-0.3, -0.25) is 9.89 Å². The highest BCUT2D eigenvalue weighted by Crippen LogP contribution is 2.04. The number of nitrogens with zero attached hydrogens (tertiary/aromatic N) is 3. The van der Waals surface area contributed by atoms with Gasteiger partial charge in [0.2, 0.25) is 0 Å². The molecule has 5 nitrogen and oxygen atoms in total. The van der Waals surface area contributed by atoms with Crippen LogP contribution >= 0.6 is 11.8 Å². The van der Waals surface area contributed by atoms with Crippen molar-refractivity contribution in [1.82, 2.24) is 20.4 Å². The van der Waals surface area contributed by atoms with Crippen LogP contribution in [-0.2, 0) is 0 Å². The van der Waals surface area contributed by atoms with Crippen LogP contribution in [0.1, 0.15) is 12.8 Å². The molecule has 118 valence electrons. The lowest BCUT2D eigenvalue weighted by Gasteiger charge is -2.37. The summed E-state index contributed by atoms with van der Waals surface area (Å²) in [5, 5.41) is 6.84. The second kappa shape index (κ2) is 10.3. The second-order valence-electron chi connectivity index (χ2n) is 5.48. The molecule has 0 aromatic rings. The van der Waals surface area contributed by atoms with Gasteiger partial charge in [0.05, 0.1) is 0 Å². The SMILES string of the molecule is CN=C(NCCCCSC)NCC1CN(C)CCN1C. The number of likely N-dealkylation sites (N-methyl/N-ethyl adjacent to an activating group) is 2. The van der Waals surface area contributed by atoms with Crippen LogP contribution in [0.4, 0.5) is 0 Å². The van der Waals surface area contributed by atoms with Crippen molar-refractivity contribution in [2.75, 3.05) is 65.9 Å². The minimum atomic E-state index is 0.559. The van der Waals surface area contributed by atoms with Gasteiger partial charge in [-0.2, -0.15) is 11.8 Å². The number of aliphatic imine (C=N–C) groups is 1. The zero-order valence-corrected chi connectivity index (χ0v) is 14.3. The molecule has 0 aromatic heterocycles. The van der Waals surface area contributed by atoms with E-state index >= 15 is 0 Å². The first kappa shape index (κ1) is 17.6. The van der Waals surface area contributed by atoms with Gasteiger partial charge in [0.15, 0.2) is 5.96 Å². The maximum absolute atomic E-state index is 4.29. The Bertz CT molecular complexity index is 285. The number of hydrogen-bond donors (Lipinski definition) is 2. The molecule has 0 amide bonds. The third-order valence-electron chi connectivity index (χ3n) is 3.78. The van der Waals surface area contributed by atoms with E-state index in [2.05, 4.69) is 45.8 Å². The van der Waals surface area contributed by atoms with E-state index in [4.69, 9.17) is 0 Å². The Morgan fingerprint density at radius 3 is 2.75 bits per heavy atom. The minimum absolute atomic E-state index is 0.559. The number of rotatable bonds is 7. The molecule has 0 saturated carbocycles. The summed E-state index contributed by atoms with van der Waals surface area (Å²) in [7, 11) is 6.24. The summed E-state index contributed by atoms with van der Waals surface area (Å²) in [6.07, 6.45) is 4.63. The van der Waals surface area contributed by atoms with Gasteiger partial charge in [0, 0.05) is 45.8 Å². The molecule has 1 fully saturated rings. The molecule has 6 heteroatoms. The molecule has 2 N–H and O–H groups in total. The van der Waals surface area contributed by atoms with E-state index in [1.54, 1.807) is 0 Å². The quantitative estimate of drug-likeness (QED) is 0.408.